The molecule has 112 valence electrons. The molecule has 2 N–H and O–H groups in total. The van der Waals surface area contributed by atoms with Crippen molar-refractivity contribution in [2.24, 2.45) is 11.7 Å². The fourth-order valence-electron chi connectivity index (χ4n) is 4.07. The van der Waals surface area contributed by atoms with Crippen LogP contribution in [0.1, 0.15) is 82.3 Å². The monoisotopic (exact) mass is 277 g/mol. The molecule has 1 aromatic heterocycles. The molecular weight excluding hydrogens is 250 g/mol. The van der Waals surface area contributed by atoms with Crippen LogP contribution in [0.2, 0.25) is 0 Å². The fraction of sp³-hybridized carbons (Fsp3) is 0.875. The van der Waals surface area contributed by atoms with Crippen molar-refractivity contribution in [1.29, 1.82) is 0 Å². The third kappa shape index (κ3) is 2.50. The molecule has 0 amide bonds. The highest BCUT2D eigenvalue weighted by Gasteiger charge is 2.40. The van der Waals surface area contributed by atoms with E-state index in [9.17, 15) is 0 Å². The zero-order chi connectivity index (χ0) is 14.0. The van der Waals surface area contributed by atoms with Crippen LogP contribution in [0, 0.1) is 5.92 Å². The van der Waals surface area contributed by atoms with Crippen molar-refractivity contribution >= 4 is 0 Å². The molecule has 4 heteroatoms. The molecule has 0 spiro atoms. The van der Waals surface area contributed by atoms with E-state index in [0.29, 0.717) is 12.5 Å². The maximum absolute atomic E-state index is 6.00. The van der Waals surface area contributed by atoms with Gasteiger partial charge in [-0.1, -0.05) is 44.2 Å². The van der Waals surface area contributed by atoms with Crippen molar-refractivity contribution in [1.82, 2.24) is 10.1 Å². The van der Waals surface area contributed by atoms with Crippen molar-refractivity contribution < 1.29 is 4.52 Å². The van der Waals surface area contributed by atoms with Crippen molar-refractivity contribution in [2.75, 3.05) is 6.54 Å². The fourth-order valence-corrected chi connectivity index (χ4v) is 4.07. The maximum atomic E-state index is 6.00. The lowest BCUT2D eigenvalue weighted by Gasteiger charge is -2.26. The normalized spacial score (nSPS) is 29.7. The predicted molar refractivity (Wildman–Crippen MR) is 78.5 cm³/mol. The van der Waals surface area contributed by atoms with Gasteiger partial charge in [-0.3, -0.25) is 0 Å². The molecule has 2 atom stereocenters. The van der Waals surface area contributed by atoms with E-state index in [1.807, 2.05) is 0 Å². The molecule has 2 saturated carbocycles. The van der Waals surface area contributed by atoms with Gasteiger partial charge in [-0.15, -0.1) is 0 Å². The summed E-state index contributed by atoms with van der Waals surface area (Å²) < 4.78 is 5.62. The first-order chi connectivity index (χ1) is 9.77. The molecule has 0 saturated heterocycles. The Morgan fingerprint density at radius 1 is 1.25 bits per heavy atom. The molecule has 3 rings (SSSR count). The van der Waals surface area contributed by atoms with E-state index in [0.717, 1.165) is 30.5 Å². The predicted octanol–water partition coefficient (Wildman–Crippen LogP) is 3.52. The lowest BCUT2D eigenvalue weighted by Crippen LogP contribution is -2.32. The number of hydrogen-bond donors (Lipinski definition) is 1. The summed E-state index contributed by atoms with van der Waals surface area (Å²) in [5, 5.41) is 4.30. The summed E-state index contributed by atoms with van der Waals surface area (Å²) in [5.41, 5.74) is 5.98. The Kier molecular flexibility index (Phi) is 4.11. The third-order valence-electron chi connectivity index (χ3n) is 5.57. The molecule has 2 aliphatic rings. The van der Waals surface area contributed by atoms with Gasteiger partial charge >= 0.3 is 0 Å². The first kappa shape index (κ1) is 14.1. The van der Waals surface area contributed by atoms with Crippen LogP contribution in [0.3, 0.4) is 0 Å². The van der Waals surface area contributed by atoms with Gasteiger partial charge in [-0.25, -0.2) is 0 Å². The Morgan fingerprint density at radius 3 is 2.75 bits per heavy atom. The minimum absolute atomic E-state index is 0.0237. The Hall–Kier alpha value is -0.900. The van der Waals surface area contributed by atoms with Crippen LogP contribution in [0.25, 0.3) is 0 Å². The molecule has 20 heavy (non-hydrogen) atoms. The molecule has 1 aromatic rings. The summed E-state index contributed by atoms with van der Waals surface area (Å²) in [7, 11) is 0. The lowest BCUT2D eigenvalue weighted by atomic mass is 9.80. The molecule has 0 aliphatic heterocycles. The highest BCUT2D eigenvalue weighted by molar-refractivity contribution is 5.10. The third-order valence-corrected chi connectivity index (χ3v) is 5.57. The van der Waals surface area contributed by atoms with Gasteiger partial charge < -0.3 is 10.3 Å². The summed E-state index contributed by atoms with van der Waals surface area (Å²) in [6.07, 6.45) is 11.1. The SMILES string of the molecule is CCC1CCCC(c2noc(C3(CN)CCCC3)n2)C1. The molecule has 0 aromatic carbocycles. The van der Waals surface area contributed by atoms with Gasteiger partial charge in [-0.2, -0.15) is 4.98 Å². The average molecular weight is 277 g/mol. The molecule has 2 aliphatic carbocycles. The van der Waals surface area contributed by atoms with Gasteiger partial charge in [0.1, 0.15) is 0 Å². The second kappa shape index (κ2) is 5.84. The average Bonchev–Trinajstić information content (AvgIpc) is 3.17. The van der Waals surface area contributed by atoms with Gasteiger partial charge in [0.15, 0.2) is 5.82 Å². The summed E-state index contributed by atoms with van der Waals surface area (Å²) in [6, 6.07) is 0. The maximum Gasteiger partial charge on any atom is 0.234 e. The standard InChI is InChI=1S/C16H27N3O/c1-2-12-6-5-7-13(10-12)14-18-15(20-19-14)16(11-17)8-3-4-9-16/h12-13H,2-11,17H2,1H3. The van der Waals surface area contributed by atoms with E-state index in [1.54, 1.807) is 0 Å². The van der Waals surface area contributed by atoms with Crippen molar-refractivity contribution in [3.05, 3.63) is 11.7 Å². The second-order valence-electron chi connectivity index (χ2n) is 6.79. The molecular formula is C16H27N3O. The number of nitrogens with zero attached hydrogens (tertiary/aromatic N) is 2. The van der Waals surface area contributed by atoms with E-state index in [4.69, 9.17) is 15.2 Å². The Balaban J connectivity index is 1.76. The summed E-state index contributed by atoms with van der Waals surface area (Å²) >= 11 is 0. The highest BCUT2D eigenvalue weighted by atomic mass is 16.5. The van der Waals surface area contributed by atoms with Crippen LogP contribution < -0.4 is 5.73 Å². The molecule has 0 bridgehead atoms. The van der Waals surface area contributed by atoms with Gasteiger partial charge in [0.2, 0.25) is 5.89 Å². The van der Waals surface area contributed by atoms with Crippen LogP contribution in [0.5, 0.6) is 0 Å². The minimum atomic E-state index is -0.0237. The lowest BCUT2D eigenvalue weighted by molar-refractivity contribution is 0.275. The molecule has 0 radical (unpaired) electrons. The van der Waals surface area contributed by atoms with Gasteiger partial charge in [0, 0.05) is 12.5 Å². The minimum Gasteiger partial charge on any atom is -0.339 e. The molecule has 2 unspecified atom stereocenters. The summed E-state index contributed by atoms with van der Waals surface area (Å²) in [4.78, 5) is 4.77. The van der Waals surface area contributed by atoms with Crippen molar-refractivity contribution in [2.45, 2.75) is 76.0 Å². The quantitative estimate of drug-likeness (QED) is 0.914. The molecule has 2 fully saturated rings. The van der Waals surface area contributed by atoms with Gasteiger partial charge in [0.25, 0.3) is 0 Å². The Labute approximate surface area is 121 Å². The topological polar surface area (TPSA) is 64.9 Å². The van der Waals surface area contributed by atoms with Crippen LogP contribution in [0.4, 0.5) is 0 Å². The zero-order valence-corrected chi connectivity index (χ0v) is 12.6. The second-order valence-corrected chi connectivity index (χ2v) is 6.79. The largest absolute Gasteiger partial charge is 0.339 e. The zero-order valence-electron chi connectivity index (χ0n) is 12.6. The van der Waals surface area contributed by atoms with Crippen LogP contribution in [-0.4, -0.2) is 16.7 Å². The van der Waals surface area contributed by atoms with Crippen molar-refractivity contribution in [3.8, 4) is 0 Å². The number of aromatic nitrogens is 2. The Morgan fingerprint density at radius 2 is 2.05 bits per heavy atom. The first-order valence-electron chi connectivity index (χ1n) is 8.31. The van der Waals surface area contributed by atoms with E-state index in [1.165, 1.54) is 44.9 Å². The number of rotatable bonds is 4. The summed E-state index contributed by atoms with van der Waals surface area (Å²) in [6.45, 7) is 2.92. The van der Waals surface area contributed by atoms with E-state index < -0.39 is 0 Å². The number of hydrogen-bond acceptors (Lipinski definition) is 4. The van der Waals surface area contributed by atoms with Crippen LogP contribution in [-0.2, 0) is 5.41 Å². The van der Waals surface area contributed by atoms with E-state index in [-0.39, 0.29) is 5.41 Å². The van der Waals surface area contributed by atoms with Crippen molar-refractivity contribution in [3.63, 3.8) is 0 Å². The Bertz CT molecular complexity index is 437. The highest BCUT2D eigenvalue weighted by Crippen LogP contribution is 2.41. The van der Waals surface area contributed by atoms with Crippen LogP contribution >= 0.6 is 0 Å². The molecule has 1 heterocycles. The van der Waals surface area contributed by atoms with E-state index >= 15 is 0 Å². The van der Waals surface area contributed by atoms with E-state index in [2.05, 4.69) is 12.1 Å². The smallest absolute Gasteiger partial charge is 0.234 e. The van der Waals surface area contributed by atoms with Gasteiger partial charge in [0.05, 0.1) is 5.41 Å². The molecule has 4 nitrogen and oxygen atoms in total. The summed E-state index contributed by atoms with van der Waals surface area (Å²) in [5.74, 6) is 3.09. The van der Waals surface area contributed by atoms with Crippen LogP contribution in [0.15, 0.2) is 4.52 Å². The first-order valence-corrected chi connectivity index (χ1v) is 8.31. The van der Waals surface area contributed by atoms with Gasteiger partial charge in [-0.05, 0) is 31.6 Å². The number of nitrogens with two attached hydrogens (primary N) is 1.